The van der Waals surface area contributed by atoms with Crippen molar-refractivity contribution in [2.45, 2.75) is 111 Å². The highest BCUT2D eigenvalue weighted by Crippen LogP contribution is 2.66. The zero-order valence-electron chi connectivity index (χ0n) is 18.5. The normalized spacial score (nSPS) is 46.6. The van der Waals surface area contributed by atoms with Crippen molar-refractivity contribution in [2.75, 3.05) is 0 Å². The largest absolute Gasteiger partial charge is 0.393 e. The molecule has 1 heteroatoms. The van der Waals surface area contributed by atoms with Gasteiger partial charge in [0.15, 0.2) is 0 Å². The van der Waals surface area contributed by atoms with Gasteiger partial charge in [-0.25, -0.2) is 0 Å². The highest BCUT2D eigenvalue weighted by atomic mass is 16.3. The number of hydrogen-bond donors (Lipinski definition) is 1. The Morgan fingerprint density at radius 2 is 1.74 bits per heavy atom. The van der Waals surface area contributed by atoms with Gasteiger partial charge in [-0.2, -0.15) is 0 Å². The number of aliphatic hydroxyl groups excluding tert-OH is 1. The lowest BCUT2D eigenvalue weighted by atomic mass is 9.48. The average Bonchev–Trinajstić information content (AvgIpc) is 2.96. The molecule has 0 aromatic carbocycles. The third kappa shape index (κ3) is 3.45. The van der Waals surface area contributed by atoms with Crippen molar-refractivity contribution in [1.29, 1.82) is 0 Å². The standard InChI is InChI=1S/C26H44O/c1-18(2)7-5-6-8-19-10-12-23-22-11-9-20-17-21(27)13-15-26(20,4)24(22)14-16-25(19,23)3/h11,18-21,23-24,27H,5-10,12-17H2,1-4H3/t19-,20-,21-,23-,24-,25+,26-/m0/s1. The molecule has 27 heavy (non-hydrogen) atoms. The smallest absolute Gasteiger partial charge is 0.0543 e. The van der Waals surface area contributed by atoms with Gasteiger partial charge in [0.25, 0.3) is 0 Å². The predicted molar refractivity (Wildman–Crippen MR) is 115 cm³/mol. The molecule has 0 aliphatic heterocycles. The first kappa shape index (κ1) is 20.0. The molecule has 154 valence electrons. The summed E-state index contributed by atoms with van der Waals surface area (Å²) in [4.78, 5) is 0. The van der Waals surface area contributed by atoms with E-state index in [1.165, 1.54) is 64.2 Å². The van der Waals surface area contributed by atoms with Crippen molar-refractivity contribution in [2.24, 2.45) is 40.4 Å². The monoisotopic (exact) mass is 372 g/mol. The van der Waals surface area contributed by atoms with Crippen LogP contribution in [0.1, 0.15) is 105 Å². The molecule has 1 N–H and O–H groups in total. The maximum atomic E-state index is 10.2. The average molecular weight is 373 g/mol. The Hall–Kier alpha value is -0.300. The number of aliphatic hydroxyl groups is 1. The minimum Gasteiger partial charge on any atom is -0.393 e. The summed E-state index contributed by atoms with van der Waals surface area (Å²) in [7, 11) is 0. The van der Waals surface area contributed by atoms with Crippen LogP contribution in [0.15, 0.2) is 11.6 Å². The fourth-order valence-electron chi connectivity index (χ4n) is 8.01. The second kappa shape index (κ2) is 7.51. The third-order valence-electron chi connectivity index (χ3n) is 9.83. The molecule has 4 aliphatic rings. The summed E-state index contributed by atoms with van der Waals surface area (Å²) in [5, 5.41) is 10.2. The molecule has 4 aliphatic carbocycles. The maximum absolute atomic E-state index is 10.2. The van der Waals surface area contributed by atoms with Crippen LogP contribution < -0.4 is 0 Å². The number of unbranched alkanes of at least 4 members (excludes halogenated alkanes) is 1. The van der Waals surface area contributed by atoms with Gasteiger partial charge in [0.05, 0.1) is 6.10 Å². The van der Waals surface area contributed by atoms with Gasteiger partial charge in [0, 0.05) is 0 Å². The zero-order chi connectivity index (χ0) is 19.2. The summed E-state index contributed by atoms with van der Waals surface area (Å²) < 4.78 is 0. The van der Waals surface area contributed by atoms with E-state index in [9.17, 15) is 5.11 Å². The fourth-order valence-corrected chi connectivity index (χ4v) is 8.01. The van der Waals surface area contributed by atoms with Gasteiger partial charge in [0.1, 0.15) is 0 Å². The Bertz CT molecular complexity index is 563. The molecule has 0 spiro atoms. The highest BCUT2D eigenvalue weighted by molar-refractivity contribution is 5.27. The van der Waals surface area contributed by atoms with Crippen molar-refractivity contribution in [3.05, 3.63) is 11.6 Å². The number of fused-ring (bicyclic) bond motifs is 5. The Morgan fingerprint density at radius 1 is 1.00 bits per heavy atom. The van der Waals surface area contributed by atoms with E-state index in [1.807, 2.05) is 5.57 Å². The van der Waals surface area contributed by atoms with Crippen LogP contribution >= 0.6 is 0 Å². The van der Waals surface area contributed by atoms with E-state index in [2.05, 4.69) is 33.8 Å². The summed E-state index contributed by atoms with van der Waals surface area (Å²) in [5.41, 5.74) is 2.93. The van der Waals surface area contributed by atoms with Crippen molar-refractivity contribution in [1.82, 2.24) is 0 Å². The number of allylic oxidation sites excluding steroid dienone is 2. The molecule has 1 nitrogen and oxygen atoms in total. The van der Waals surface area contributed by atoms with Crippen molar-refractivity contribution in [3.8, 4) is 0 Å². The van der Waals surface area contributed by atoms with Gasteiger partial charge in [-0.15, -0.1) is 0 Å². The van der Waals surface area contributed by atoms with Crippen LogP contribution in [-0.4, -0.2) is 11.2 Å². The molecule has 0 saturated heterocycles. The summed E-state index contributed by atoms with van der Waals surface area (Å²) in [6.07, 6.45) is 18.8. The first-order valence-electron chi connectivity index (χ1n) is 12.2. The lowest BCUT2D eigenvalue weighted by Gasteiger charge is -2.57. The number of rotatable bonds is 5. The Morgan fingerprint density at radius 3 is 2.52 bits per heavy atom. The van der Waals surface area contributed by atoms with Crippen LogP contribution in [0.5, 0.6) is 0 Å². The highest BCUT2D eigenvalue weighted by Gasteiger charge is 2.57. The van der Waals surface area contributed by atoms with Crippen molar-refractivity contribution < 1.29 is 5.11 Å². The Labute approximate surface area is 168 Å². The van der Waals surface area contributed by atoms with Crippen LogP contribution in [0.25, 0.3) is 0 Å². The molecule has 0 bridgehead atoms. The van der Waals surface area contributed by atoms with Gasteiger partial charge in [0.2, 0.25) is 0 Å². The van der Waals surface area contributed by atoms with Crippen LogP contribution in [-0.2, 0) is 0 Å². The minimum absolute atomic E-state index is 0.0337. The molecule has 0 aromatic rings. The van der Waals surface area contributed by atoms with E-state index in [-0.39, 0.29) is 6.10 Å². The molecule has 0 amide bonds. The summed E-state index contributed by atoms with van der Waals surface area (Å²) in [6, 6.07) is 0. The lowest BCUT2D eigenvalue weighted by Crippen LogP contribution is -2.49. The molecule has 3 saturated carbocycles. The first-order valence-corrected chi connectivity index (χ1v) is 12.2. The molecule has 0 radical (unpaired) electrons. The molecule has 4 rings (SSSR count). The first-order chi connectivity index (χ1) is 12.8. The van der Waals surface area contributed by atoms with Crippen molar-refractivity contribution >= 4 is 0 Å². The SMILES string of the molecule is CC(C)CCCC[C@H]1CC[C@H]2C3=CC[C@H]4C[C@@H](O)CC[C@]4(C)[C@H]3CC[C@]12C. The van der Waals surface area contributed by atoms with E-state index in [0.717, 1.165) is 42.4 Å². The van der Waals surface area contributed by atoms with Crippen LogP contribution in [0.3, 0.4) is 0 Å². The fraction of sp³-hybridized carbons (Fsp3) is 0.923. The molecule has 3 fully saturated rings. The van der Waals surface area contributed by atoms with E-state index >= 15 is 0 Å². The van der Waals surface area contributed by atoms with E-state index < -0.39 is 0 Å². The number of hydrogen-bond acceptors (Lipinski definition) is 1. The molecular formula is C26H44O. The molecule has 0 aromatic heterocycles. The molecule has 7 atom stereocenters. The molecular weight excluding hydrogens is 328 g/mol. The van der Waals surface area contributed by atoms with E-state index in [0.29, 0.717) is 10.8 Å². The lowest BCUT2D eigenvalue weighted by molar-refractivity contribution is -0.0402. The van der Waals surface area contributed by atoms with Crippen LogP contribution in [0, 0.1) is 40.4 Å². The second-order valence-electron chi connectivity index (χ2n) is 11.7. The Kier molecular flexibility index (Phi) is 5.56. The topological polar surface area (TPSA) is 20.2 Å². The Balaban J connectivity index is 1.47. The van der Waals surface area contributed by atoms with Gasteiger partial charge < -0.3 is 5.11 Å². The quantitative estimate of drug-likeness (QED) is 0.401. The summed E-state index contributed by atoms with van der Waals surface area (Å²) in [6.45, 7) is 9.97. The molecule has 0 heterocycles. The van der Waals surface area contributed by atoms with Gasteiger partial charge in [-0.3, -0.25) is 0 Å². The third-order valence-corrected chi connectivity index (χ3v) is 9.83. The second-order valence-corrected chi connectivity index (χ2v) is 11.7. The van der Waals surface area contributed by atoms with Gasteiger partial charge in [-0.05, 0) is 98.2 Å². The van der Waals surface area contributed by atoms with E-state index in [1.54, 1.807) is 0 Å². The van der Waals surface area contributed by atoms with Crippen LogP contribution in [0.2, 0.25) is 0 Å². The van der Waals surface area contributed by atoms with Gasteiger partial charge in [-0.1, -0.05) is 58.6 Å². The maximum Gasteiger partial charge on any atom is 0.0543 e. The zero-order valence-corrected chi connectivity index (χ0v) is 18.5. The predicted octanol–water partition coefficient (Wildman–Crippen LogP) is 7.14. The van der Waals surface area contributed by atoms with Gasteiger partial charge >= 0.3 is 0 Å². The van der Waals surface area contributed by atoms with Crippen LogP contribution in [0.4, 0.5) is 0 Å². The van der Waals surface area contributed by atoms with Crippen molar-refractivity contribution in [3.63, 3.8) is 0 Å². The summed E-state index contributed by atoms with van der Waals surface area (Å²) in [5.74, 6) is 4.25. The van der Waals surface area contributed by atoms with E-state index in [4.69, 9.17) is 0 Å². The minimum atomic E-state index is -0.0337. The summed E-state index contributed by atoms with van der Waals surface area (Å²) >= 11 is 0. The molecule has 0 unspecified atom stereocenters.